The molecule has 0 atom stereocenters. The Kier molecular flexibility index (Phi) is 4.80. The van der Waals surface area contributed by atoms with Gasteiger partial charge in [-0.1, -0.05) is 11.6 Å². The number of nitrogens with two attached hydrogens (primary N) is 1. The van der Waals surface area contributed by atoms with Gasteiger partial charge in [-0.3, -0.25) is 0 Å². The number of hydrogen-bond donors (Lipinski definition) is 1. The molecule has 0 spiro atoms. The third kappa shape index (κ3) is 3.20. The van der Waals surface area contributed by atoms with Gasteiger partial charge < -0.3 is 19.9 Å². The zero-order valence-electron chi connectivity index (χ0n) is 11.6. The number of likely N-dealkylation sites (N-methyl/N-ethyl adjacent to an activating group) is 1. The molecule has 0 unspecified atom stereocenters. The molecule has 0 aliphatic heterocycles. The van der Waals surface area contributed by atoms with Gasteiger partial charge in [0.25, 0.3) is 0 Å². The standard InChI is InChI=1S/C13H18ClFN4O/c1-18(5-6-20-2)3-4-19-12-7-9(14)10(15)8-11(12)17-13(19)16/h7-8H,3-6H2,1-2H3,(H2,16,17). The molecule has 0 amide bonds. The summed E-state index contributed by atoms with van der Waals surface area (Å²) in [6.45, 7) is 2.95. The Balaban J connectivity index is 2.17. The normalized spacial score (nSPS) is 11.7. The van der Waals surface area contributed by atoms with Crippen molar-refractivity contribution in [1.29, 1.82) is 0 Å². The van der Waals surface area contributed by atoms with Crippen molar-refractivity contribution >= 4 is 28.6 Å². The van der Waals surface area contributed by atoms with E-state index in [0.29, 0.717) is 24.6 Å². The molecule has 0 saturated carbocycles. The van der Waals surface area contributed by atoms with Crippen LogP contribution in [-0.4, -0.2) is 48.3 Å². The lowest BCUT2D eigenvalue weighted by Gasteiger charge is -2.17. The van der Waals surface area contributed by atoms with Crippen molar-refractivity contribution in [3.8, 4) is 0 Å². The second-order valence-corrected chi connectivity index (χ2v) is 5.08. The van der Waals surface area contributed by atoms with Crippen LogP contribution in [-0.2, 0) is 11.3 Å². The fourth-order valence-electron chi connectivity index (χ4n) is 2.00. The maximum Gasteiger partial charge on any atom is 0.201 e. The molecule has 0 bridgehead atoms. The molecular formula is C13H18ClFN4O. The minimum absolute atomic E-state index is 0.0754. The summed E-state index contributed by atoms with van der Waals surface area (Å²) in [7, 11) is 3.67. The zero-order chi connectivity index (χ0) is 14.7. The van der Waals surface area contributed by atoms with Gasteiger partial charge >= 0.3 is 0 Å². The highest BCUT2D eigenvalue weighted by molar-refractivity contribution is 6.31. The number of anilines is 1. The largest absolute Gasteiger partial charge is 0.383 e. The predicted molar refractivity (Wildman–Crippen MR) is 78.5 cm³/mol. The van der Waals surface area contributed by atoms with E-state index in [1.54, 1.807) is 13.2 Å². The molecule has 1 aromatic carbocycles. The minimum Gasteiger partial charge on any atom is -0.383 e. The Morgan fingerprint density at radius 2 is 2.20 bits per heavy atom. The molecule has 20 heavy (non-hydrogen) atoms. The van der Waals surface area contributed by atoms with Crippen molar-refractivity contribution in [2.75, 3.05) is 39.6 Å². The summed E-state index contributed by atoms with van der Waals surface area (Å²) >= 11 is 5.82. The summed E-state index contributed by atoms with van der Waals surface area (Å²) in [6, 6.07) is 2.86. The van der Waals surface area contributed by atoms with Gasteiger partial charge in [0.1, 0.15) is 5.82 Å². The van der Waals surface area contributed by atoms with Gasteiger partial charge in [0, 0.05) is 32.8 Å². The number of nitrogens with zero attached hydrogens (tertiary/aromatic N) is 3. The van der Waals surface area contributed by atoms with E-state index >= 15 is 0 Å². The highest BCUT2D eigenvalue weighted by atomic mass is 35.5. The van der Waals surface area contributed by atoms with Crippen molar-refractivity contribution < 1.29 is 9.13 Å². The van der Waals surface area contributed by atoms with Crippen molar-refractivity contribution in [2.24, 2.45) is 0 Å². The van der Waals surface area contributed by atoms with E-state index in [-0.39, 0.29) is 5.02 Å². The van der Waals surface area contributed by atoms with Crippen LogP contribution in [0.2, 0.25) is 5.02 Å². The zero-order valence-corrected chi connectivity index (χ0v) is 12.3. The Hall–Kier alpha value is -1.37. The lowest BCUT2D eigenvalue weighted by atomic mass is 10.3. The summed E-state index contributed by atoms with van der Waals surface area (Å²) in [6.07, 6.45) is 0. The predicted octanol–water partition coefficient (Wildman–Crippen LogP) is 1.99. The topological polar surface area (TPSA) is 56.3 Å². The van der Waals surface area contributed by atoms with E-state index in [2.05, 4.69) is 9.88 Å². The molecule has 7 heteroatoms. The first kappa shape index (κ1) is 15.0. The van der Waals surface area contributed by atoms with Gasteiger partial charge in [0.2, 0.25) is 5.95 Å². The maximum atomic E-state index is 13.4. The lowest BCUT2D eigenvalue weighted by Crippen LogP contribution is -2.27. The van der Waals surface area contributed by atoms with Gasteiger partial charge in [-0.25, -0.2) is 9.37 Å². The van der Waals surface area contributed by atoms with E-state index in [1.165, 1.54) is 6.07 Å². The summed E-state index contributed by atoms with van der Waals surface area (Å²) < 4.78 is 20.3. The molecule has 5 nitrogen and oxygen atoms in total. The Morgan fingerprint density at radius 3 is 2.90 bits per heavy atom. The van der Waals surface area contributed by atoms with E-state index < -0.39 is 5.82 Å². The van der Waals surface area contributed by atoms with Crippen LogP contribution in [0.5, 0.6) is 0 Å². The van der Waals surface area contributed by atoms with Crippen LogP contribution >= 0.6 is 11.6 Å². The van der Waals surface area contributed by atoms with Crippen molar-refractivity contribution in [1.82, 2.24) is 14.5 Å². The van der Waals surface area contributed by atoms with Crippen LogP contribution in [0.15, 0.2) is 12.1 Å². The molecular weight excluding hydrogens is 283 g/mol. The molecule has 1 aromatic heterocycles. The monoisotopic (exact) mass is 300 g/mol. The summed E-state index contributed by atoms with van der Waals surface area (Å²) in [5.41, 5.74) is 7.14. The van der Waals surface area contributed by atoms with Crippen molar-refractivity contribution in [3.05, 3.63) is 23.0 Å². The smallest absolute Gasteiger partial charge is 0.201 e. The molecule has 0 fully saturated rings. The maximum absolute atomic E-state index is 13.4. The number of halogens is 2. The van der Waals surface area contributed by atoms with Crippen LogP contribution in [0.25, 0.3) is 11.0 Å². The third-order valence-corrected chi connectivity index (χ3v) is 3.49. The average molecular weight is 301 g/mol. The first-order chi connectivity index (χ1) is 9.52. The first-order valence-electron chi connectivity index (χ1n) is 6.31. The van der Waals surface area contributed by atoms with Crippen LogP contribution in [0.1, 0.15) is 0 Å². The highest BCUT2D eigenvalue weighted by Crippen LogP contribution is 2.24. The number of methoxy groups -OCH3 is 1. The average Bonchev–Trinajstić information content (AvgIpc) is 2.70. The second-order valence-electron chi connectivity index (χ2n) is 4.67. The van der Waals surface area contributed by atoms with Gasteiger partial charge in [-0.15, -0.1) is 0 Å². The third-order valence-electron chi connectivity index (χ3n) is 3.20. The fourth-order valence-corrected chi connectivity index (χ4v) is 2.16. The number of fused-ring (bicyclic) bond motifs is 1. The van der Waals surface area contributed by atoms with E-state index in [0.717, 1.165) is 18.6 Å². The molecule has 0 saturated heterocycles. The molecule has 2 N–H and O–H groups in total. The summed E-state index contributed by atoms with van der Waals surface area (Å²) in [5, 5.41) is 0.0754. The van der Waals surface area contributed by atoms with Crippen LogP contribution in [0.4, 0.5) is 10.3 Å². The second kappa shape index (κ2) is 6.39. The quantitative estimate of drug-likeness (QED) is 0.886. The Labute approximate surface area is 122 Å². The molecule has 0 aliphatic rings. The Morgan fingerprint density at radius 1 is 1.45 bits per heavy atom. The van der Waals surface area contributed by atoms with Gasteiger partial charge in [0.15, 0.2) is 0 Å². The van der Waals surface area contributed by atoms with E-state index in [9.17, 15) is 4.39 Å². The van der Waals surface area contributed by atoms with Crippen LogP contribution in [0, 0.1) is 5.82 Å². The number of imidazole rings is 1. The number of rotatable bonds is 6. The van der Waals surface area contributed by atoms with E-state index in [1.807, 2.05) is 11.6 Å². The number of nitrogen functional groups attached to an aromatic ring is 1. The van der Waals surface area contributed by atoms with Gasteiger partial charge in [-0.2, -0.15) is 0 Å². The fraction of sp³-hybridized carbons (Fsp3) is 0.462. The lowest BCUT2D eigenvalue weighted by molar-refractivity contribution is 0.159. The van der Waals surface area contributed by atoms with Crippen LogP contribution < -0.4 is 5.73 Å². The Bertz CT molecular complexity index is 602. The van der Waals surface area contributed by atoms with Crippen molar-refractivity contribution in [3.63, 3.8) is 0 Å². The van der Waals surface area contributed by atoms with Crippen LogP contribution in [0.3, 0.4) is 0 Å². The summed E-state index contributed by atoms with van der Waals surface area (Å²) in [4.78, 5) is 6.28. The SMILES string of the molecule is COCCN(C)CCn1c(N)nc2cc(F)c(Cl)cc21. The molecule has 0 aliphatic carbocycles. The highest BCUT2D eigenvalue weighted by Gasteiger charge is 2.12. The minimum atomic E-state index is -0.485. The van der Waals surface area contributed by atoms with Crippen molar-refractivity contribution in [2.45, 2.75) is 6.54 Å². The number of aromatic nitrogens is 2. The number of hydrogen-bond acceptors (Lipinski definition) is 4. The van der Waals surface area contributed by atoms with Gasteiger partial charge in [-0.05, 0) is 13.1 Å². The molecule has 110 valence electrons. The molecule has 1 heterocycles. The first-order valence-corrected chi connectivity index (χ1v) is 6.69. The number of ether oxygens (including phenoxy) is 1. The molecule has 0 radical (unpaired) electrons. The van der Waals surface area contributed by atoms with Gasteiger partial charge in [0.05, 0.1) is 22.7 Å². The molecule has 2 rings (SSSR count). The molecule has 2 aromatic rings. The van der Waals surface area contributed by atoms with E-state index in [4.69, 9.17) is 22.1 Å². The number of benzene rings is 1. The summed E-state index contributed by atoms with van der Waals surface area (Å²) in [5.74, 6) is -0.122.